The number of nitrogens with one attached hydrogen (secondary N) is 2. The highest BCUT2D eigenvalue weighted by atomic mass is 16.1. The monoisotopic (exact) mass is 314 g/mol. The molecule has 1 amide bonds. The first-order valence-electron chi connectivity index (χ1n) is 7.74. The molecule has 122 valence electrons. The highest BCUT2D eigenvalue weighted by Crippen LogP contribution is 2.19. The van der Waals surface area contributed by atoms with E-state index in [1.165, 1.54) is 6.07 Å². The van der Waals surface area contributed by atoms with Crippen LogP contribution in [0.5, 0.6) is 0 Å². The van der Waals surface area contributed by atoms with Gasteiger partial charge in [0.05, 0.1) is 0 Å². The lowest BCUT2D eigenvalue weighted by Crippen LogP contribution is -2.19. The van der Waals surface area contributed by atoms with Gasteiger partial charge in [-0.15, -0.1) is 0 Å². The first-order valence-corrected chi connectivity index (χ1v) is 7.74. The van der Waals surface area contributed by atoms with E-state index in [0.717, 1.165) is 11.3 Å². The third kappa shape index (κ3) is 5.03. The Morgan fingerprint density at radius 2 is 2.17 bits per heavy atom. The molecule has 1 aromatic carbocycles. The van der Waals surface area contributed by atoms with Crippen molar-refractivity contribution < 1.29 is 4.79 Å². The van der Waals surface area contributed by atoms with Crippen molar-refractivity contribution in [2.45, 2.75) is 39.2 Å². The Morgan fingerprint density at radius 1 is 1.39 bits per heavy atom. The van der Waals surface area contributed by atoms with Gasteiger partial charge in [-0.25, -0.2) is 4.98 Å². The number of amides is 1. The second kappa shape index (κ2) is 7.69. The molecule has 0 radical (unpaired) electrons. The van der Waals surface area contributed by atoms with Crippen LogP contribution in [0.1, 0.15) is 32.4 Å². The van der Waals surface area contributed by atoms with Crippen molar-refractivity contribution >= 4 is 11.6 Å². The van der Waals surface area contributed by atoms with Crippen molar-refractivity contribution in [3.05, 3.63) is 46.4 Å². The van der Waals surface area contributed by atoms with Gasteiger partial charge in [0.15, 0.2) is 0 Å². The van der Waals surface area contributed by atoms with Crippen molar-refractivity contribution in [1.82, 2.24) is 9.97 Å². The Bertz CT molecular complexity index is 737. The summed E-state index contributed by atoms with van der Waals surface area (Å²) in [6.45, 7) is 3.82. The van der Waals surface area contributed by atoms with Gasteiger partial charge in [-0.3, -0.25) is 9.59 Å². The zero-order chi connectivity index (χ0) is 16.8. The lowest BCUT2D eigenvalue weighted by molar-refractivity contribution is -0.116. The number of H-pyrrole nitrogens is 1. The number of aryl methyl sites for hydroxylation is 1. The predicted octanol–water partition coefficient (Wildman–Crippen LogP) is 2.07. The largest absolute Gasteiger partial charge is 0.328 e. The number of rotatable bonds is 6. The second-order valence-electron chi connectivity index (χ2n) is 5.58. The van der Waals surface area contributed by atoms with Crippen LogP contribution in [-0.2, 0) is 11.2 Å². The number of aromatic amines is 1. The van der Waals surface area contributed by atoms with E-state index in [-0.39, 0.29) is 17.5 Å². The Labute approximate surface area is 135 Å². The first-order chi connectivity index (χ1) is 11.0. The molecule has 6 heteroatoms. The summed E-state index contributed by atoms with van der Waals surface area (Å²) in [4.78, 5) is 30.7. The van der Waals surface area contributed by atoms with Gasteiger partial charge in [-0.05, 0) is 31.9 Å². The summed E-state index contributed by atoms with van der Waals surface area (Å²) in [5, 5.41) is 2.84. The number of hydrogen-bond donors (Lipinski definition) is 3. The lowest BCUT2D eigenvalue weighted by atomic mass is 10.1. The van der Waals surface area contributed by atoms with E-state index in [2.05, 4.69) is 15.3 Å². The van der Waals surface area contributed by atoms with Crippen LogP contribution in [0.3, 0.4) is 0 Å². The maximum atomic E-state index is 11.9. The van der Waals surface area contributed by atoms with E-state index >= 15 is 0 Å². The van der Waals surface area contributed by atoms with Gasteiger partial charge < -0.3 is 16.0 Å². The van der Waals surface area contributed by atoms with Gasteiger partial charge in [0, 0.05) is 35.5 Å². The standard InChI is InChI=1S/C17H22N4O2/c1-3-13-10-16(23)21-17(20-13)12-5-4-6-14(9-12)19-15(22)8-7-11(2)18/h4-6,9-11H,3,7-8,18H2,1-2H3,(H,19,22)(H,20,21,23). The summed E-state index contributed by atoms with van der Waals surface area (Å²) in [5.74, 6) is 0.421. The normalized spacial score (nSPS) is 12.0. The molecule has 0 aliphatic rings. The van der Waals surface area contributed by atoms with E-state index in [0.29, 0.717) is 30.8 Å². The van der Waals surface area contributed by atoms with Crippen LogP contribution in [0.4, 0.5) is 5.69 Å². The van der Waals surface area contributed by atoms with Crippen molar-refractivity contribution in [2.24, 2.45) is 5.73 Å². The van der Waals surface area contributed by atoms with Crippen LogP contribution in [0.25, 0.3) is 11.4 Å². The number of benzene rings is 1. The quantitative estimate of drug-likeness (QED) is 0.759. The van der Waals surface area contributed by atoms with Gasteiger partial charge in [0.25, 0.3) is 5.56 Å². The SMILES string of the molecule is CCc1cc(=O)[nH]c(-c2cccc(NC(=O)CCC(C)N)c2)n1. The van der Waals surface area contributed by atoms with Crippen LogP contribution in [0.2, 0.25) is 0 Å². The maximum Gasteiger partial charge on any atom is 0.251 e. The molecule has 1 atom stereocenters. The summed E-state index contributed by atoms with van der Waals surface area (Å²) in [7, 11) is 0. The number of hydrogen-bond acceptors (Lipinski definition) is 4. The molecule has 1 aromatic heterocycles. The summed E-state index contributed by atoms with van der Waals surface area (Å²) in [6.07, 6.45) is 1.70. The fourth-order valence-corrected chi connectivity index (χ4v) is 2.15. The first kappa shape index (κ1) is 16.9. The third-order valence-electron chi connectivity index (χ3n) is 3.40. The minimum absolute atomic E-state index is 0.00172. The molecule has 0 aliphatic heterocycles. The lowest BCUT2D eigenvalue weighted by Gasteiger charge is -2.09. The number of nitrogens with two attached hydrogens (primary N) is 1. The Balaban J connectivity index is 2.18. The Kier molecular flexibility index (Phi) is 5.65. The van der Waals surface area contributed by atoms with Crippen LogP contribution in [0.15, 0.2) is 35.1 Å². The van der Waals surface area contributed by atoms with E-state index < -0.39 is 0 Å². The predicted molar refractivity (Wildman–Crippen MR) is 91.2 cm³/mol. The molecule has 2 rings (SSSR count). The zero-order valence-corrected chi connectivity index (χ0v) is 13.4. The summed E-state index contributed by atoms with van der Waals surface area (Å²) in [6, 6.07) is 8.74. The van der Waals surface area contributed by atoms with Crippen molar-refractivity contribution in [1.29, 1.82) is 0 Å². The molecule has 4 N–H and O–H groups in total. The molecule has 0 aliphatic carbocycles. The van der Waals surface area contributed by atoms with E-state index in [9.17, 15) is 9.59 Å². The molecular weight excluding hydrogens is 292 g/mol. The van der Waals surface area contributed by atoms with Crippen LogP contribution in [0, 0.1) is 0 Å². The topological polar surface area (TPSA) is 101 Å². The number of carbonyl (C=O) groups excluding carboxylic acids is 1. The van der Waals surface area contributed by atoms with Crippen molar-refractivity contribution in [3.63, 3.8) is 0 Å². The Morgan fingerprint density at radius 3 is 2.87 bits per heavy atom. The fourth-order valence-electron chi connectivity index (χ4n) is 2.15. The van der Waals surface area contributed by atoms with Gasteiger partial charge >= 0.3 is 0 Å². The summed E-state index contributed by atoms with van der Waals surface area (Å²) >= 11 is 0. The minimum atomic E-state index is -0.182. The minimum Gasteiger partial charge on any atom is -0.328 e. The number of carbonyl (C=O) groups is 1. The molecule has 6 nitrogen and oxygen atoms in total. The molecular formula is C17H22N4O2. The molecule has 0 spiro atoms. The zero-order valence-electron chi connectivity index (χ0n) is 13.4. The van der Waals surface area contributed by atoms with E-state index in [1.807, 2.05) is 26.0 Å². The van der Waals surface area contributed by atoms with Crippen molar-refractivity contribution in [3.8, 4) is 11.4 Å². The average molecular weight is 314 g/mol. The molecule has 2 aromatic rings. The molecule has 0 bridgehead atoms. The highest BCUT2D eigenvalue weighted by molar-refractivity contribution is 5.91. The van der Waals surface area contributed by atoms with Gasteiger partial charge in [0.1, 0.15) is 5.82 Å². The molecule has 23 heavy (non-hydrogen) atoms. The fraction of sp³-hybridized carbons (Fsp3) is 0.353. The van der Waals surface area contributed by atoms with Crippen LogP contribution in [-0.4, -0.2) is 21.9 Å². The number of anilines is 1. The summed E-state index contributed by atoms with van der Waals surface area (Å²) in [5.41, 5.74) is 7.62. The molecule has 0 fully saturated rings. The molecule has 0 saturated carbocycles. The Hall–Kier alpha value is -2.47. The number of aromatic nitrogens is 2. The van der Waals surface area contributed by atoms with E-state index in [4.69, 9.17) is 5.73 Å². The van der Waals surface area contributed by atoms with Gasteiger partial charge in [-0.2, -0.15) is 0 Å². The van der Waals surface area contributed by atoms with Gasteiger partial charge in [0.2, 0.25) is 5.91 Å². The van der Waals surface area contributed by atoms with Crippen LogP contribution < -0.4 is 16.6 Å². The van der Waals surface area contributed by atoms with E-state index in [1.54, 1.807) is 12.1 Å². The highest BCUT2D eigenvalue weighted by Gasteiger charge is 2.07. The second-order valence-corrected chi connectivity index (χ2v) is 5.58. The van der Waals surface area contributed by atoms with Crippen LogP contribution >= 0.6 is 0 Å². The van der Waals surface area contributed by atoms with Crippen molar-refractivity contribution in [2.75, 3.05) is 5.32 Å². The number of nitrogens with zero attached hydrogens (tertiary/aromatic N) is 1. The summed E-state index contributed by atoms with van der Waals surface area (Å²) < 4.78 is 0. The third-order valence-corrected chi connectivity index (χ3v) is 3.40. The average Bonchev–Trinajstić information content (AvgIpc) is 2.52. The molecule has 0 saturated heterocycles. The molecule has 1 unspecified atom stereocenters. The van der Waals surface area contributed by atoms with Gasteiger partial charge in [-0.1, -0.05) is 19.1 Å². The smallest absolute Gasteiger partial charge is 0.251 e. The molecule has 1 heterocycles. The maximum absolute atomic E-state index is 11.9.